The minimum atomic E-state index is -0.829. The third-order valence-electron chi connectivity index (χ3n) is 4.20. The van der Waals surface area contributed by atoms with E-state index in [2.05, 4.69) is 15.0 Å². The number of methoxy groups -OCH3 is 1. The van der Waals surface area contributed by atoms with Gasteiger partial charge in [-0.25, -0.2) is 23.7 Å². The third kappa shape index (κ3) is 2.78. The van der Waals surface area contributed by atoms with Crippen LogP contribution in [0.5, 0.6) is 5.75 Å². The molecule has 2 heterocycles. The standard InChI is InChI=1S/C19H14FN5O3/c1-28-13-5-3-2-4-12(13)25-18-15(23-19(25)27)14(16(21)26)22-17(24-18)10-6-8-11(20)9-7-10/h2-9H,1H3,(H2,21,26)(H,23,27). The zero-order valence-corrected chi connectivity index (χ0v) is 14.6. The Morgan fingerprint density at radius 2 is 1.86 bits per heavy atom. The number of aromatic nitrogens is 4. The van der Waals surface area contributed by atoms with Crippen molar-refractivity contribution in [3.63, 3.8) is 0 Å². The zero-order chi connectivity index (χ0) is 19.8. The molecule has 28 heavy (non-hydrogen) atoms. The van der Waals surface area contributed by atoms with Gasteiger partial charge in [0.25, 0.3) is 5.91 Å². The van der Waals surface area contributed by atoms with Crippen LogP contribution in [0.1, 0.15) is 10.5 Å². The lowest BCUT2D eigenvalue weighted by Crippen LogP contribution is -2.16. The Bertz CT molecular complexity index is 1260. The van der Waals surface area contributed by atoms with Crippen LogP contribution in [-0.2, 0) is 0 Å². The van der Waals surface area contributed by atoms with Gasteiger partial charge in [-0.3, -0.25) is 4.79 Å². The van der Waals surface area contributed by atoms with Gasteiger partial charge >= 0.3 is 5.69 Å². The summed E-state index contributed by atoms with van der Waals surface area (Å²) in [5.41, 5.74) is 5.93. The second-order valence-electron chi connectivity index (χ2n) is 5.90. The Kier molecular flexibility index (Phi) is 4.11. The van der Waals surface area contributed by atoms with Gasteiger partial charge < -0.3 is 15.5 Å². The van der Waals surface area contributed by atoms with Crippen molar-refractivity contribution in [3.8, 4) is 22.8 Å². The Morgan fingerprint density at radius 3 is 2.54 bits per heavy atom. The van der Waals surface area contributed by atoms with E-state index >= 15 is 0 Å². The quantitative estimate of drug-likeness (QED) is 0.563. The second-order valence-corrected chi connectivity index (χ2v) is 5.90. The summed E-state index contributed by atoms with van der Waals surface area (Å²) < 4.78 is 19.9. The van der Waals surface area contributed by atoms with Crippen LogP contribution in [-0.4, -0.2) is 32.5 Å². The number of halogens is 1. The number of amides is 1. The van der Waals surface area contributed by atoms with Crippen molar-refractivity contribution in [2.45, 2.75) is 0 Å². The van der Waals surface area contributed by atoms with E-state index in [-0.39, 0.29) is 22.7 Å². The van der Waals surface area contributed by atoms with Crippen molar-refractivity contribution in [2.24, 2.45) is 5.73 Å². The van der Waals surface area contributed by atoms with Gasteiger partial charge in [0.1, 0.15) is 17.1 Å². The summed E-state index contributed by atoms with van der Waals surface area (Å²) in [7, 11) is 1.48. The van der Waals surface area contributed by atoms with Crippen LogP contribution in [0, 0.1) is 5.82 Å². The first-order valence-corrected chi connectivity index (χ1v) is 8.21. The summed E-state index contributed by atoms with van der Waals surface area (Å²) in [5, 5.41) is 0. The van der Waals surface area contributed by atoms with Crippen LogP contribution in [0.15, 0.2) is 53.3 Å². The van der Waals surface area contributed by atoms with Gasteiger partial charge in [-0.2, -0.15) is 0 Å². The molecule has 2 aromatic carbocycles. The molecule has 1 amide bonds. The van der Waals surface area contributed by atoms with Gasteiger partial charge in [0.15, 0.2) is 17.2 Å². The molecule has 0 aliphatic rings. The highest BCUT2D eigenvalue weighted by atomic mass is 19.1. The molecule has 0 unspecified atom stereocenters. The Balaban J connectivity index is 2.07. The summed E-state index contributed by atoms with van der Waals surface area (Å²) >= 11 is 0. The van der Waals surface area contributed by atoms with Crippen molar-refractivity contribution in [3.05, 3.63) is 70.5 Å². The van der Waals surface area contributed by atoms with Crippen LogP contribution in [0.25, 0.3) is 28.2 Å². The fourth-order valence-corrected chi connectivity index (χ4v) is 2.93. The smallest absolute Gasteiger partial charge is 0.332 e. The normalized spacial score (nSPS) is 10.9. The van der Waals surface area contributed by atoms with E-state index < -0.39 is 17.4 Å². The number of primary amides is 1. The number of imidazole rings is 1. The Labute approximate surface area is 157 Å². The number of carbonyl (C=O) groups is 1. The predicted molar refractivity (Wildman–Crippen MR) is 99.9 cm³/mol. The molecule has 4 rings (SSSR count). The maximum Gasteiger partial charge on any atom is 0.332 e. The highest BCUT2D eigenvalue weighted by molar-refractivity contribution is 6.02. The monoisotopic (exact) mass is 379 g/mol. The molecular formula is C19H14FN5O3. The van der Waals surface area contributed by atoms with Gasteiger partial charge in [0, 0.05) is 5.56 Å². The number of hydrogen-bond donors (Lipinski definition) is 2. The number of nitrogens with two attached hydrogens (primary N) is 1. The Morgan fingerprint density at radius 1 is 1.14 bits per heavy atom. The number of rotatable bonds is 4. The number of nitrogens with zero attached hydrogens (tertiary/aromatic N) is 3. The summed E-state index contributed by atoms with van der Waals surface area (Å²) in [6, 6.07) is 12.3. The molecule has 0 fully saturated rings. The van der Waals surface area contributed by atoms with E-state index in [0.717, 1.165) is 0 Å². The highest BCUT2D eigenvalue weighted by Crippen LogP contribution is 2.26. The van der Waals surface area contributed by atoms with Crippen molar-refractivity contribution < 1.29 is 13.9 Å². The molecule has 0 saturated carbocycles. The van der Waals surface area contributed by atoms with Crippen LogP contribution in [0.2, 0.25) is 0 Å². The molecule has 140 valence electrons. The second kappa shape index (κ2) is 6.62. The minimum Gasteiger partial charge on any atom is -0.495 e. The van der Waals surface area contributed by atoms with Gasteiger partial charge in [-0.1, -0.05) is 12.1 Å². The summed E-state index contributed by atoms with van der Waals surface area (Å²) in [6.45, 7) is 0. The molecule has 0 atom stereocenters. The van der Waals surface area contributed by atoms with E-state index in [1.54, 1.807) is 24.3 Å². The van der Waals surface area contributed by atoms with E-state index in [0.29, 0.717) is 17.0 Å². The highest BCUT2D eigenvalue weighted by Gasteiger charge is 2.21. The number of carbonyl (C=O) groups excluding carboxylic acids is 1. The number of ether oxygens (including phenoxy) is 1. The first-order chi connectivity index (χ1) is 13.5. The lowest BCUT2D eigenvalue weighted by molar-refractivity contribution is 0.0997. The first kappa shape index (κ1) is 17.4. The lowest BCUT2D eigenvalue weighted by atomic mass is 10.2. The molecule has 2 aromatic heterocycles. The average molecular weight is 379 g/mol. The topological polar surface area (TPSA) is 116 Å². The van der Waals surface area contributed by atoms with Gasteiger partial charge in [0.05, 0.1) is 12.8 Å². The largest absolute Gasteiger partial charge is 0.495 e. The predicted octanol–water partition coefficient (Wildman–Crippen LogP) is 2.02. The molecule has 0 bridgehead atoms. The molecular weight excluding hydrogens is 365 g/mol. The number of H-pyrrole nitrogens is 1. The van der Waals surface area contributed by atoms with Crippen molar-refractivity contribution in [1.29, 1.82) is 0 Å². The van der Waals surface area contributed by atoms with E-state index in [9.17, 15) is 14.0 Å². The fourth-order valence-electron chi connectivity index (χ4n) is 2.93. The number of fused-ring (bicyclic) bond motifs is 1. The molecule has 9 heteroatoms. The molecule has 8 nitrogen and oxygen atoms in total. The molecule has 0 aliphatic heterocycles. The van der Waals surface area contributed by atoms with E-state index in [1.807, 2.05) is 0 Å². The van der Waals surface area contributed by atoms with Crippen molar-refractivity contribution in [1.82, 2.24) is 19.5 Å². The molecule has 4 aromatic rings. The van der Waals surface area contributed by atoms with Gasteiger partial charge in [-0.15, -0.1) is 0 Å². The van der Waals surface area contributed by atoms with Gasteiger partial charge in [-0.05, 0) is 36.4 Å². The van der Waals surface area contributed by atoms with Crippen LogP contribution in [0.3, 0.4) is 0 Å². The number of nitrogens with one attached hydrogen (secondary N) is 1. The molecule has 0 aliphatic carbocycles. The number of aromatic amines is 1. The number of benzene rings is 2. The molecule has 0 radical (unpaired) electrons. The summed E-state index contributed by atoms with van der Waals surface area (Å²) in [6.07, 6.45) is 0. The van der Waals surface area contributed by atoms with Gasteiger partial charge in [0.2, 0.25) is 0 Å². The molecule has 3 N–H and O–H groups in total. The van der Waals surface area contributed by atoms with Crippen molar-refractivity contribution in [2.75, 3.05) is 7.11 Å². The van der Waals surface area contributed by atoms with Crippen molar-refractivity contribution >= 4 is 17.1 Å². The lowest BCUT2D eigenvalue weighted by Gasteiger charge is -2.09. The van der Waals surface area contributed by atoms with Crippen LogP contribution in [0.4, 0.5) is 4.39 Å². The zero-order valence-electron chi connectivity index (χ0n) is 14.6. The number of para-hydroxylation sites is 2. The fraction of sp³-hybridized carbons (Fsp3) is 0.0526. The molecule has 0 spiro atoms. The van der Waals surface area contributed by atoms with E-state index in [4.69, 9.17) is 10.5 Å². The molecule has 0 saturated heterocycles. The minimum absolute atomic E-state index is 0.106. The number of hydrogen-bond acceptors (Lipinski definition) is 5. The average Bonchev–Trinajstić information content (AvgIpc) is 3.03. The first-order valence-electron chi connectivity index (χ1n) is 8.21. The van der Waals surface area contributed by atoms with E-state index in [1.165, 1.54) is 35.9 Å². The summed E-state index contributed by atoms with van der Waals surface area (Å²) in [4.78, 5) is 35.8. The van der Waals surface area contributed by atoms with Crippen LogP contribution >= 0.6 is 0 Å². The maximum atomic E-state index is 13.3. The SMILES string of the molecule is COc1ccccc1-n1c(=O)[nH]c2c(C(N)=O)nc(-c3ccc(F)cc3)nc21. The third-order valence-corrected chi connectivity index (χ3v) is 4.20. The summed E-state index contributed by atoms with van der Waals surface area (Å²) in [5.74, 6) is -0.686. The maximum absolute atomic E-state index is 13.3. The van der Waals surface area contributed by atoms with Crippen LogP contribution < -0.4 is 16.2 Å². The Hall–Kier alpha value is -4.01.